The Balaban J connectivity index is 5.34. The van der Waals surface area contributed by atoms with Crippen LogP contribution in [0.2, 0.25) is 0 Å². The third kappa shape index (κ3) is 14.4. The van der Waals surface area contributed by atoms with Crippen LogP contribution in [-0.4, -0.2) is 89.0 Å². The van der Waals surface area contributed by atoms with Crippen LogP contribution in [-0.2, 0) is 24.0 Å². The molecule has 15 N–H and O–H groups in total. The number of aliphatic imine (C=N–C) groups is 2. The number of hydrogen-bond donors (Lipinski definition) is 10. The lowest BCUT2D eigenvalue weighted by molar-refractivity contribution is -0.144. The molecule has 0 aliphatic heterocycles. The lowest BCUT2D eigenvalue weighted by Gasteiger charge is -2.26. The number of nitrogens with zero attached hydrogens (tertiary/aromatic N) is 2. The molecule has 0 aromatic rings. The Morgan fingerprint density at radius 2 is 1.24 bits per heavy atom. The molecule has 4 atom stereocenters. The van der Waals surface area contributed by atoms with Crippen molar-refractivity contribution in [2.24, 2.45) is 44.6 Å². The number of nitrogens with two attached hydrogens (primary N) is 5. The average molecular weight is 545 g/mol. The second-order valence-corrected chi connectivity index (χ2v) is 8.79. The first kappa shape index (κ1) is 33.8. The highest BCUT2D eigenvalue weighted by Gasteiger charge is 2.32. The maximum Gasteiger partial charge on any atom is 0.326 e. The van der Waals surface area contributed by atoms with E-state index >= 15 is 0 Å². The summed E-state index contributed by atoms with van der Waals surface area (Å²) in [7, 11) is 0. The monoisotopic (exact) mass is 544 g/mol. The fourth-order valence-electron chi connectivity index (χ4n) is 3.12. The van der Waals surface area contributed by atoms with Crippen molar-refractivity contribution in [2.45, 2.75) is 70.1 Å². The zero-order valence-corrected chi connectivity index (χ0v) is 21.6. The van der Waals surface area contributed by atoms with Crippen molar-refractivity contribution in [3.8, 4) is 0 Å². The van der Waals surface area contributed by atoms with Crippen LogP contribution in [0.4, 0.5) is 0 Å². The minimum Gasteiger partial charge on any atom is -0.481 e. The Morgan fingerprint density at radius 1 is 0.737 bits per heavy atom. The molecule has 38 heavy (non-hydrogen) atoms. The van der Waals surface area contributed by atoms with Crippen molar-refractivity contribution in [3.63, 3.8) is 0 Å². The van der Waals surface area contributed by atoms with Gasteiger partial charge in [-0.15, -0.1) is 0 Å². The fourth-order valence-corrected chi connectivity index (χ4v) is 3.12. The van der Waals surface area contributed by atoms with Gasteiger partial charge in [0.15, 0.2) is 11.9 Å². The molecule has 17 heteroatoms. The number of guanidine groups is 2. The molecule has 216 valence electrons. The quantitative estimate of drug-likeness (QED) is 0.0449. The third-order valence-corrected chi connectivity index (χ3v) is 5.12. The van der Waals surface area contributed by atoms with Gasteiger partial charge in [0.2, 0.25) is 17.7 Å². The Hall–Kier alpha value is -4.15. The SMILES string of the molecule is CC(C)C(NC(=O)C(N)CCCN=C(N)N)C(=O)NC(CC(=O)O)C(=O)NC(CCCN=C(N)N)C(=O)O. The minimum absolute atomic E-state index is 0.0582. The van der Waals surface area contributed by atoms with E-state index in [1.165, 1.54) is 0 Å². The maximum atomic E-state index is 12.9. The van der Waals surface area contributed by atoms with Gasteiger partial charge >= 0.3 is 11.9 Å². The molecule has 0 aliphatic carbocycles. The van der Waals surface area contributed by atoms with Gasteiger partial charge in [0.25, 0.3) is 0 Å². The van der Waals surface area contributed by atoms with E-state index in [9.17, 15) is 34.2 Å². The summed E-state index contributed by atoms with van der Waals surface area (Å²) in [4.78, 5) is 68.6. The van der Waals surface area contributed by atoms with Crippen LogP contribution < -0.4 is 44.6 Å². The van der Waals surface area contributed by atoms with E-state index in [1.807, 2.05) is 0 Å². The standard InChI is InChI=1S/C21H40N10O7/c1-10(2)15(31-16(34)11(22)5-3-7-27-20(23)24)18(36)30-13(9-14(32)33)17(35)29-12(19(37)38)6-4-8-28-21(25)26/h10-13,15H,3-9,22H2,1-2H3,(H,29,35)(H,30,36)(H,31,34)(H,32,33)(H,37,38)(H4,23,24,27)(H4,25,26,28). The number of nitrogens with one attached hydrogen (secondary N) is 3. The summed E-state index contributed by atoms with van der Waals surface area (Å²) >= 11 is 0. The number of carbonyl (C=O) groups excluding carboxylic acids is 3. The Kier molecular flexibility index (Phi) is 15.4. The van der Waals surface area contributed by atoms with E-state index in [2.05, 4.69) is 25.9 Å². The first-order valence-electron chi connectivity index (χ1n) is 11.9. The van der Waals surface area contributed by atoms with Gasteiger partial charge in [-0.1, -0.05) is 13.8 Å². The molecular formula is C21H40N10O7. The van der Waals surface area contributed by atoms with Crippen molar-refractivity contribution in [1.29, 1.82) is 0 Å². The van der Waals surface area contributed by atoms with Crippen molar-refractivity contribution < 1.29 is 34.2 Å². The van der Waals surface area contributed by atoms with Crippen molar-refractivity contribution in [1.82, 2.24) is 16.0 Å². The lowest BCUT2D eigenvalue weighted by Crippen LogP contribution is -2.58. The number of aliphatic carboxylic acids is 2. The Morgan fingerprint density at radius 3 is 1.68 bits per heavy atom. The van der Waals surface area contributed by atoms with Crippen LogP contribution in [0.3, 0.4) is 0 Å². The van der Waals surface area contributed by atoms with Crippen LogP contribution in [0, 0.1) is 5.92 Å². The van der Waals surface area contributed by atoms with Gasteiger partial charge in [0, 0.05) is 13.1 Å². The van der Waals surface area contributed by atoms with E-state index in [0.717, 1.165) is 0 Å². The lowest BCUT2D eigenvalue weighted by atomic mass is 10.0. The molecule has 4 unspecified atom stereocenters. The largest absolute Gasteiger partial charge is 0.481 e. The van der Waals surface area contributed by atoms with Crippen LogP contribution in [0.15, 0.2) is 9.98 Å². The minimum atomic E-state index is -1.62. The van der Waals surface area contributed by atoms with Gasteiger partial charge in [0.05, 0.1) is 12.5 Å². The van der Waals surface area contributed by atoms with Gasteiger partial charge in [0.1, 0.15) is 18.1 Å². The van der Waals surface area contributed by atoms with Crippen molar-refractivity contribution in [2.75, 3.05) is 13.1 Å². The number of carbonyl (C=O) groups is 5. The fraction of sp³-hybridized carbons (Fsp3) is 0.667. The normalized spacial score (nSPS) is 13.8. The molecule has 0 heterocycles. The summed E-state index contributed by atoms with van der Waals surface area (Å²) in [5.74, 6) is -6.05. The second-order valence-electron chi connectivity index (χ2n) is 8.79. The highest BCUT2D eigenvalue weighted by Crippen LogP contribution is 2.07. The van der Waals surface area contributed by atoms with Crippen molar-refractivity contribution >= 4 is 41.6 Å². The molecule has 0 radical (unpaired) electrons. The molecule has 0 aromatic heterocycles. The molecule has 0 rings (SSSR count). The molecular weight excluding hydrogens is 504 g/mol. The van der Waals surface area contributed by atoms with Gasteiger partial charge in [-0.05, 0) is 31.6 Å². The number of rotatable bonds is 18. The molecule has 0 aliphatic rings. The highest BCUT2D eigenvalue weighted by molar-refractivity contribution is 5.95. The molecule has 17 nitrogen and oxygen atoms in total. The van der Waals surface area contributed by atoms with Crippen molar-refractivity contribution in [3.05, 3.63) is 0 Å². The maximum absolute atomic E-state index is 12.9. The third-order valence-electron chi connectivity index (χ3n) is 5.12. The molecule has 0 spiro atoms. The zero-order valence-electron chi connectivity index (χ0n) is 21.6. The molecule has 0 fully saturated rings. The number of amides is 3. The molecule has 3 amide bonds. The van der Waals surface area contributed by atoms with Gasteiger partial charge < -0.3 is 54.8 Å². The molecule has 0 saturated heterocycles. The second kappa shape index (κ2) is 17.3. The summed E-state index contributed by atoms with van der Waals surface area (Å²) in [5.41, 5.74) is 26.8. The predicted octanol–water partition coefficient (Wildman–Crippen LogP) is -3.91. The predicted molar refractivity (Wildman–Crippen MR) is 138 cm³/mol. The summed E-state index contributed by atoms with van der Waals surface area (Å²) < 4.78 is 0. The molecule has 0 bridgehead atoms. The van der Waals surface area contributed by atoms with Gasteiger partial charge in [-0.2, -0.15) is 0 Å². The first-order chi connectivity index (χ1) is 17.6. The Labute approximate surface area is 220 Å². The van der Waals surface area contributed by atoms with Crippen LogP contribution >= 0.6 is 0 Å². The summed E-state index contributed by atoms with van der Waals surface area (Å²) in [6, 6.07) is -5.15. The van der Waals surface area contributed by atoms with E-state index in [4.69, 9.17) is 28.7 Å². The summed E-state index contributed by atoms with van der Waals surface area (Å²) in [6.07, 6.45) is -0.0570. The average Bonchev–Trinajstić information content (AvgIpc) is 2.80. The topological polar surface area (TPSA) is 317 Å². The highest BCUT2D eigenvalue weighted by atomic mass is 16.4. The molecule has 0 saturated carbocycles. The molecule has 0 aromatic carbocycles. The van der Waals surface area contributed by atoms with E-state index < -0.39 is 66.2 Å². The van der Waals surface area contributed by atoms with E-state index in [-0.39, 0.29) is 44.3 Å². The smallest absolute Gasteiger partial charge is 0.326 e. The van der Waals surface area contributed by atoms with Crippen LogP contribution in [0.25, 0.3) is 0 Å². The number of hydrogen-bond acceptors (Lipinski definition) is 8. The van der Waals surface area contributed by atoms with Crippen LogP contribution in [0.1, 0.15) is 46.0 Å². The van der Waals surface area contributed by atoms with Gasteiger partial charge in [-0.25, -0.2) is 4.79 Å². The summed E-state index contributed by atoms with van der Waals surface area (Å²) in [5, 5.41) is 25.6. The first-order valence-corrected chi connectivity index (χ1v) is 11.9. The van der Waals surface area contributed by atoms with Gasteiger partial charge in [-0.3, -0.25) is 29.2 Å². The Bertz CT molecular complexity index is 886. The summed E-state index contributed by atoms with van der Waals surface area (Å²) in [6.45, 7) is 3.62. The number of carboxylic acids is 2. The zero-order chi connectivity index (χ0) is 29.4. The number of carboxylic acid groups (broad SMARTS) is 2. The van der Waals surface area contributed by atoms with E-state index in [0.29, 0.717) is 6.42 Å². The van der Waals surface area contributed by atoms with E-state index in [1.54, 1.807) is 13.8 Å². The van der Waals surface area contributed by atoms with Crippen LogP contribution in [0.5, 0.6) is 0 Å².